The summed E-state index contributed by atoms with van der Waals surface area (Å²) in [7, 11) is 0. The predicted molar refractivity (Wildman–Crippen MR) is 72.9 cm³/mol. The molecule has 0 radical (unpaired) electrons. The predicted octanol–water partition coefficient (Wildman–Crippen LogP) is 4.00. The van der Waals surface area contributed by atoms with Gasteiger partial charge >= 0.3 is 0 Å². The molecule has 0 saturated heterocycles. The van der Waals surface area contributed by atoms with Crippen LogP contribution in [0.15, 0.2) is 12.3 Å². The van der Waals surface area contributed by atoms with Gasteiger partial charge in [-0.2, -0.15) is 0 Å². The van der Waals surface area contributed by atoms with E-state index in [0.29, 0.717) is 11.8 Å². The van der Waals surface area contributed by atoms with E-state index >= 15 is 0 Å². The van der Waals surface area contributed by atoms with E-state index in [1.54, 1.807) is 0 Å². The maximum Gasteiger partial charge on any atom is 0.164 e. The van der Waals surface area contributed by atoms with Crippen LogP contribution in [0.5, 0.6) is 0 Å². The maximum absolute atomic E-state index is 11.9. The topological polar surface area (TPSA) is 22.0 Å². The zero-order chi connectivity index (χ0) is 12.7. The Morgan fingerprint density at radius 2 is 2.00 bits per heavy atom. The van der Waals surface area contributed by atoms with E-state index in [0.717, 1.165) is 36.7 Å². The average molecular weight is 245 g/mol. The van der Waals surface area contributed by atoms with Gasteiger partial charge in [0.25, 0.3) is 0 Å². The van der Waals surface area contributed by atoms with Gasteiger partial charge in [0.1, 0.15) is 0 Å². The zero-order valence-corrected chi connectivity index (χ0v) is 11.5. The quantitative estimate of drug-likeness (QED) is 0.733. The Balaban J connectivity index is 1.95. The highest BCUT2D eigenvalue weighted by Gasteiger charge is 2.31. The second-order valence-corrected chi connectivity index (χ2v) is 6.19. The number of Topliss-reactive ketones (excluding diaryl/α,β-unsaturated/α-hetero) is 1. The lowest BCUT2D eigenvalue weighted by Crippen LogP contribution is -2.28. The molecule has 2 aliphatic carbocycles. The molecule has 1 heterocycles. The third kappa shape index (κ3) is 1.82. The van der Waals surface area contributed by atoms with E-state index in [-0.39, 0.29) is 0 Å². The molecule has 0 N–H and O–H groups in total. The highest BCUT2D eigenvalue weighted by atomic mass is 16.1. The molecule has 3 atom stereocenters. The van der Waals surface area contributed by atoms with E-state index < -0.39 is 0 Å². The zero-order valence-electron chi connectivity index (χ0n) is 11.5. The summed E-state index contributed by atoms with van der Waals surface area (Å²) in [5, 5.41) is 0. The first kappa shape index (κ1) is 12.0. The first-order chi connectivity index (χ1) is 8.68. The fraction of sp³-hybridized carbons (Fsp3) is 0.688. The van der Waals surface area contributed by atoms with Crippen molar-refractivity contribution in [1.29, 1.82) is 0 Å². The van der Waals surface area contributed by atoms with Crippen molar-refractivity contribution in [2.75, 3.05) is 0 Å². The molecule has 1 aromatic rings. The largest absolute Gasteiger partial charge is 0.347 e. The summed E-state index contributed by atoms with van der Waals surface area (Å²) >= 11 is 0. The number of hydrogen-bond acceptors (Lipinski definition) is 1. The van der Waals surface area contributed by atoms with E-state index in [9.17, 15) is 4.79 Å². The molecule has 0 bridgehead atoms. The summed E-state index contributed by atoms with van der Waals surface area (Å²) in [4.78, 5) is 11.9. The highest BCUT2D eigenvalue weighted by molar-refractivity contribution is 5.98. The molecule has 1 saturated carbocycles. The summed E-state index contributed by atoms with van der Waals surface area (Å²) in [6, 6.07) is 2.67. The number of hydrogen-bond donors (Lipinski definition) is 0. The van der Waals surface area contributed by atoms with Crippen LogP contribution in [0.2, 0.25) is 0 Å². The van der Waals surface area contributed by atoms with Crippen LogP contribution in [-0.4, -0.2) is 10.4 Å². The van der Waals surface area contributed by atoms with Crippen LogP contribution in [0.1, 0.15) is 68.0 Å². The molecular weight excluding hydrogens is 222 g/mol. The minimum Gasteiger partial charge on any atom is -0.347 e. The molecule has 2 aliphatic rings. The van der Waals surface area contributed by atoms with E-state index in [4.69, 9.17) is 0 Å². The molecule has 98 valence electrons. The van der Waals surface area contributed by atoms with Crippen LogP contribution in [-0.2, 0) is 6.42 Å². The van der Waals surface area contributed by atoms with Crippen molar-refractivity contribution >= 4 is 5.78 Å². The van der Waals surface area contributed by atoms with Gasteiger partial charge in [0, 0.05) is 29.9 Å². The third-order valence-electron chi connectivity index (χ3n) is 5.16. The monoisotopic (exact) mass is 245 g/mol. The Labute approximate surface area is 109 Å². The molecule has 2 nitrogen and oxygen atoms in total. The van der Waals surface area contributed by atoms with Gasteiger partial charge in [0.05, 0.1) is 0 Å². The van der Waals surface area contributed by atoms with Gasteiger partial charge in [0.15, 0.2) is 5.78 Å². The minimum atomic E-state index is 0.353. The lowest BCUT2D eigenvalue weighted by atomic mass is 9.77. The van der Waals surface area contributed by atoms with Crippen LogP contribution < -0.4 is 0 Å². The molecule has 2 heteroatoms. The van der Waals surface area contributed by atoms with Gasteiger partial charge in [0.2, 0.25) is 0 Å². The van der Waals surface area contributed by atoms with Crippen LogP contribution in [0.3, 0.4) is 0 Å². The molecule has 1 fully saturated rings. The van der Waals surface area contributed by atoms with Crippen molar-refractivity contribution in [2.45, 2.75) is 58.4 Å². The summed E-state index contributed by atoms with van der Waals surface area (Å²) < 4.78 is 2.44. The lowest BCUT2D eigenvalue weighted by Gasteiger charge is -2.36. The van der Waals surface area contributed by atoms with Crippen LogP contribution >= 0.6 is 0 Å². The first-order valence-electron chi connectivity index (χ1n) is 7.41. The standard InChI is InChI=1S/C16H23NO/c1-11-5-3-6-14(12(11)2)17-10-9-13-15(17)7-4-8-16(13)18/h9-12,14H,3-8H2,1-2H3. The number of carbonyl (C=O) groups is 1. The van der Waals surface area contributed by atoms with Gasteiger partial charge in [-0.25, -0.2) is 0 Å². The van der Waals surface area contributed by atoms with Crippen molar-refractivity contribution < 1.29 is 4.79 Å². The Morgan fingerprint density at radius 1 is 1.17 bits per heavy atom. The normalized spacial score (nSPS) is 32.3. The Bertz CT molecular complexity index is 460. The van der Waals surface area contributed by atoms with Crippen LogP contribution in [0.25, 0.3) is 0 Å². The van der Waals surface area contributed by atoms with Crippen LogP contribution in [0, 0.1) is 11.8 Å². The maximum atomic E-state index is 11.9. The molecule has 1 aromatic heterocycles. The van der Waals surface area contributed by atoms with Gasteiger partial charge in [-0.05, 0) is 37.2 Å². The molecule has 3 unspecified atom stereocenters. The smallest absolute Gasteiger partial charge is 0.164 e. The second-order valence-electron chi connectivity index (χ2n) is 6.19. The van der Waals surface area contributed by atoms with Gasteiger partial charge in [-0.1, -0.05) is 26.7 Å². The number of nitrogens with zero attached hydrogens (tertiary/aromatic N) is 1. The summed E-state index contributed by atoms with van der Waals surface area (Å²) in [6.45, 7) is 4.75. The van der Waals surface area contributed by atoms with Crippen molar-refractivity contribution in [3.8, 4) is 0 Å². The van der Waals surface area contributed by atoms with Gasteiger partial charge in [-0.15, -0.1) is 0 Å². The Kier molecular flexibility index (Phi) is 3.04. The van der Waals surface area contributed by atoms with Crippen molar-refractivity contribution in [1.82, 2.24) is 4.57 Å². The fourth-order valence-electron chi connectivity index (χ4n) is 3.81. The van der Waals surface area contributed by atoms with Gasteiger partial charge < -0.3 is 4.57 Å². The number of ketones is 1. The number of rotatable bonds is 1. The highest BCUT2D eigenvalue weighted by Crippen LogP contribution is 2.39. The molecular formula is C16H23NO. The number of fused-ring (bicyclic) bond motifs is 1. The van der Waals surface area contributed by atoms with Crippen molar-refractivity contribution in [2.24, 2.45) is 11.8 Å². The minimum absolute atomic E-state index is 0.353. The average Bonchev–Trinajstić information content (AvgIpc) is 2.78. The molecule has 0 aliphatic heterocycles. The number of aromatic nitrogens is 1. The van der Waals surface area contributed by atoms with Crippen LogP contribution in [0.4, 0.5) is 0 Å². The first-order valence-corrected chi connectivity index (χ1v) is 7.41. The fourth-order valence-corrected chi connectivity index (χ4v) is 3.81. The lowest BCUT2D eigenvalue weighted by molar-refractivity contribution is 0.0970. The van der Waals surface area contributed by atoms with E-state index in [1.807, 2.05) is 0 Å². The third-order valence-corrected chi connectivity index (χ3v) is 5.16. The number of carbonyl (C=O) groups excluding carboxylic acids is 1. The summed E-state index contributed by atoms with van der Waals surface area (Å²) in [5.74, 6) is 1.89. The van der Waals surface area contributed by atoms with E-state index in [1.165, 1.54) is 25.0 Å². The SMILES string of the molecule is CC1CCCC(n2ccc3c2CCCC3=O)C1C. The van der Waals surface area contributed by atoms with Gasteiger partial charge in [-0.3, -0.25) is 4.79 Å². The molecule has 0 spiro atoms. The second kappa shape index (κ2) is 4.56. The summed E-state index contributed by atoms with van der Waals surface area (Å²) in [6.07, 6.45) is 9.01. The van der Waals surface area contributed by atoms with E-state index in [2.05, 4.69) is 30.7 Å². The Hall–Kier alpha value is -1.05. The molecule has 0 aromatic carbocycles. The molecule has 3 rings (SSSR count). The van der Waals surface area contributed by atoms with Crippen molar-refractivity contribution in [3.05, 3.63) is 23.5 Å². The molecule has 18 heavy (non-hydrogen) atoms. The Morgan fingerprint density at radius 3 is 2.83 bits per heavy atom. The summed E-state index contributed by atoms with van der Waals surface area (Å²) in [5.41, 5.74) is 2.32. The van der Waals surface area contributed by atoms with Crippen molar-refractivity contribution in [3.63, 3.8) is 0 Å². The molecule has 0 amide bonds.